The zero-order valence-corrected chi connectivity index (χ0v) is 12.1. The summed E-state index contributed by atoms with van der Waals surface area (Å²) in [5.74, 6) is -0.337. The number of hydrogen-bond acceptors (Lipinski definition) is 2. The molecule has 2 amide bonds. The van der Waals surface area contributed by atoms with E-state index in [-0.39, 0.29) is 30.7 Å². The Morgan fingerprint density at radius 3 is 2.75 bits per heavy atom. The molecular formula is C15H19ClN2O2. The lowest BCUT2D eigenvalue weighted by Crippen LogP contribution is -2.46. The number of primary amides is 1. The zero-order valence-electron chi connectivity index (χ0n) is 11.3. The largest absolute Gasteiger partial charge is 0.370 e. The van der Waals surface area contributed by atoms with Crippen LogP contribution in [-0.4, -0.2) is 29.3 Å². The Kier molecular flexibility index (Phi) is 5.01. The molecule has 1 atom stereocenters. The second kappa shape index (κ2) is 6.75. The zero-order chi connectivity index (χ0) is 14.5. The number of nitrogens with zero attached hydrogens (tertiary/aromatic N) is 1. The van der Waals surface area contributed by atoms with E-state index in [0.29, 0.717) is 11.6 Å². The minimum absolute atomic E-state index is 0.0176. The topological polar surface area (TPSA) is 63.4 Å². The standard InChI is InChI=1S/C15H19ClN2O2/c16-13-7-2-1-5-11(13)9-15(20)18-8-4-3-6-12(18)10-14(17)19/h1-2,5,7,12H,3-4,6,8-10H2,(H2,17,19)/t12-/m0/s1. The van der Waals surface area contributed by atoms with Crippen molar-refractivity contribution in [3.8, 4) is 0 Å². The van der Waals surface area contributed by atoms with E-state index in [0.717, 1.165) is 24.8 Å². The lowest BCUT2D eigenvalue weighted by molar-refractivity contribution is -0.135. The van der Waals surface area contributed by atoms with Gasteiger partial charge in [-0.2, -0.15) is 0 Å². The minimum Gasteiger partial charge on any atom is -0.370 e. The second-order valence-electron chi connectivity index (χ2n) is 5.18. The van der Waals surface area contributed by atoms with Crippen LogP contribution in [0.4, 0.5) is 0 Å². The third-order valence-corrected chi connectivity index (χ3v) is 4.05. The Hall–Kier alpha value is -1.55. The van der Waals surface area contributed by atoms with Crippen LogP contribution in [0, 0.1) is 0 Å². The summed E-state index contributed by atoms with van der Waals surface area (Å²) in [6, 6.07) is 7.28. The molecule has 1 heterocycles. The van der Waals surface area contributed by atoms with Gasteiger partial charge in [-0.05, 0) is 30.9 Å². The lowest BCUT2D eigenvalue weighted by Gasteiger charge is -2.35. The van der Waals surface area contributed by atoms with Gasteiger partial charge in [0.15, 0.2) is 0 Å². The lowest BCUT2D eigenvalue weighted by atomic mass is 9.98. The molecule has 5 heteroatoms. The van der Waals surface area contributed by atoms with Gasteiger partial charge in [-0.3, -0.25) is 9.59 Å². The van der Waals surface area contributed by atoms with Gasteiger partial charge in [0.1, 0.15) is 0 Å². The average molecular weight is 295 g/mol. The van der Waals surface area contributed by atoms with Gasteiger partial charge >= 0.3 is 0 Å². The van der Waals surface area contributed by atoms with E-state index in [1.807, 2.05) is 18.2 Å². The Labute approximate surface area is 123 Å². The summed E-state index contributed by atoms with van der Waals surface area (Å²) in [5.41, 5.74) is 6.09. The summed E-state index contributed by atoms with van der Waals surface area (Å²) in [6.07, 6.45) is 3.37. The molecule has 0 bridgehead atoms. The average Bonchev–Trinajstić information content (AvgIpc) is 2.41. The quantitative estimate of drug-likeness (QED) is 0.925. The Morgan fingerprint density at radius 2 is 2.05 bits per heavy atom. The SMILES string of the molecule is NC(=O)C[C@@H]1CCCCN1C(=O)Cc1ccccc1Cl. The highest BCUT2D eigenvalue weighted by atomic mass is 35.5. The maximum absolute atomic E-state index is 12.4. The first-order valence-electron chi connectivity index (χ1n) is 6.89. The summed E-state index contributed by atoms with van der Waals surface area (Å²) in [4.78, 5) is 25.3. The van der Waals surface area contributed by atoms with Crippen molar-refractivity contribution in [2.75, 3.05) is 6.54 Å². The number of likely N-dealkylation sites (tertiary alicyclic amines) is 1. The van der Waals surface area contributed by atoms with E-state index in [4.69, 9.17) is 17.3 Å². The Morgan fingerprint density at radius 1 is 1.30 bits per heavy atom. The van der Waals surface area contributed by atoms with Crippen LogP contribution in [-0.2, 0) is 16.0 Å². The van der Waals surface area contributed by atoms with Crippen LogP contribution in [0.3, 0.4) is 0 Å². The Balaban J connectivity index is 2.06. The highest BCUT2D eigenvalue weighted by Gasteiger charge is 2.27. The number of rotatable bonds is 4. The van der Waals surface area contributed by atoms with Crippen LogP contribution >= 0.6 is 11.6 Å². The van der Waals surface area contributed by atoms with Crippen molar-refractivity contribution in [2.24, 2.45) is 5.73 Å². The van der Waals surface area contributed by atoms with Crippen molar-refractivity contribution < 1.29 is 9.59 Å². The van der Waals surface area contributed by atoms with E-state index >= 15 is 0 Å². The van der Waals surface area contributed by atoms with Crippen molar-refractivity contribution in [1.29, 1.82) is 0 Å². The number of amides is 2. The molecule has 0 aliphatic carbocycles. The number of nitrogens with two attached hydrogens (primary N) is 1. The first-order valence-corrected chi connectivity index (χ1v) is 7.27. The van der Waals surface area contributed by atoms with E-state index in [2.05, 4.69) is 0 Å². The molecule has 1 saturated heterocycles. The van der Waals surface area contributed by atoms with Crippen molar-refractivity contribution in [2.45, 2.75) is 38.1 Å². The molecule has 0 radical (unpaired) electrons. The predicted octanol–water partition coefficient (Wildman–Crippen LogP) is 2.14. The highest BCUT2D eigenvalue weighted by molar-refractivity contribution is 6.31. The van der Waals surface area contributed by atoms with Crippen LogP contribution in [0.15, 0.2) is 24.3 Å². The fourth-order valence-electron chi connectivity index (χ4n) is 2.68. The monoisotopic (exact) mass is 294 g/mol. The molecule has 2 rings (SSSR count). The van der Waals surface area contributed by atoms with Crippen molar-refractivity contribution in [3.63, 3.8) is 0 Å². The second-order valence-corrected chi connectivity index (χ2v) is 5.58. The number of piperidine rings is 1. The van der Waals surface area contributed by atoms with Crippen LogP contribution in [0.25, 0.3) is 0 Å². The van der Waals surface area contributed by atoms with Crippen molar-refractivity contribution in [1.82, 2.24) is 4.90 Å². The van der Waals surface area contributed by atoms with Gasteiger partial charge in [0.2, 0.25) is 11.8 Å². The number of carbonyl (C=O) groups is 2. The van der Waals surface area contributed by atoms with Crippen molar-refractivity contribution in [3.05, 3.63) is 34.9 Å². The van der Waals surface area contributed by atoms with Crippen LogP contribution in [0.1, 0.15) is 31.2 Å². The molecule has 1 aliphatic rings. The summed E-state index contributed by atoms with van der Waals surface area (Å²) in [7, 11) is 0. The molecule has 0 aromatic heterocycles. The number of benzene rings is 1. The van der Waals surface area contributed by atoms with Gasteiger partial charge in [0, 0.05) is 24.0 Å². The highest BCUT2D eigenvalue weighted by Crippen LogP contribution is 2.22. The smallest absolute Gasteiger partial charge is 0.227 e. The maximum atomic E-state index is 12.4. The van der Waals surface area contributed by atoms with E-state index in [9.17, 15) is 9.59 Å². The van der Waals surface area contributed by atoms with E-state index in [1.54, 1.807) is 11.0 Å². The summed E-state index contributed by atoms with van der Waals surface area (Å²) >= 11 is 6.08. The molecule has 1 aromatic carbocycles. The van der Waals surface area contributed by atoms with Crippen LogP contribution < -0.4 is 5.73 Å². The molecule has 4 nitrogen and oxygen atoms in total. The molecule has 0 saturated carbocycles. The van der Waals surface area contributed by atoms with E-state index in [1.165, 1.54) is 0 Å². The van der Waals surface area contributed by atoms with Gasteiger partial charge in [-0.1, -0.05) is 29.8 Å². The molecule has 1 aromatic rings. The Bertz CT molecular complexity index is 504. The van der Waals surface area contributed by atoms with Gasteiger partial charge in [0.25, 0.3) is 0 Å². The fourth-order valence-corrected chi connectivity index (χ4v) is 2.88. The molecule has 2 N–H and O–H groups in total. The number of hydrogen-bond donors (Lipinski definition) is 1. The molecule has 1 fully saturated rings. The first-order chi connectivity index (χ1) is 9.58. The van der Waals surface area contributed by atoms with E-state index < -0.39 is 0 Å². The third kappa shape index (κ3) is 3.73. The number of halogens is 1. The minimum atomic E-state index is -0.354. The van der Waals surface area contributed by atoms with Crippen LogP contribution in [0.2, 0.25) is 5.02 Å². The summed E-state index contributed by atoms with van der Waals surface area (Å²) in [6.45, 7) is 0.696. The van der Waals surface area contributed by atoms with Crippen molar-refractivity contribution >= 4 is 23.4 Å². The molecule has 20 heavy (non-hydrogen) atoms. The molecule has 108 valence electrons. The number of carbonyl (C=O) groups excluding carboxylic acids is 2. The first kappa shape index (κ1) is 14.9. The van der Waals surface area contributed by atoms with Crippen LogP contribution in [0.5, 0.6) is 0 Å². The predicted molar refractivity (Wildman–Crippen MR) is 78.3 cm³/mol. The normalized spacial score (nSPS) is 18.9. The van der Waals surface area contributed by atoms with Gasteiger partial charge in [-0.15, -0.1) is 0 Å². The third-order valence-electron chi connectivity index (χ3n) is 3.68. The maximum Gasteiger partial charge on any atom is 0.227 e. The molecule has 0 unspecified atom stereocenters. The molecular weight excluding hydrogens is 276 g/mol. The fraction of sp³-hybridized carbons (Fsp3) is 0.467. The van der Waals surface area contributed by atoms with Gasteiger partial charge in [0.05, 0.1) is 6.42 Å². The summed E-state index contributed by atoms with van der Waals surface area (Å²) in [5, 5.41) is 0.601. The molecule has 1 aliphatic heterocycles. The summed E-state index contributed by atoms with van der Waals surface area (Å²) < 4.78 is 0. The molecule has 0 spiro atoms. The van der Waals surface area contributed by atoms with Gasteiger partial charge < -0.3 is 10.6 Å². The van der Waals surface area contributed by atoms with Gasteiger partial charge in [-0.25, -0.2) is 0 Å².